The van der Waals surface area contributed by atoms with Crippen molar-refractivity contribution in [3.8, 4) is 0 Å². The Labute approximate surface area is 159 Å². The minimum absolute atomic E-state index is 0.132. The number of rotatable bonds is 7. The molecule has 2 rings (SSSR count). The molecule has 1 fully saturated rings. The van der Waals surface area contributed by atoms with Crippen LogP contribution in [0.25, 0.3) is 0 Å². The van der Waals surface area contributed by atoms with Crippen molar-refractivity contribution in [3.05, 3.63) is 35.9 Å². The summed E-state index contributed by atoms with van der Waals surface area (Å²) >= 11 is 0. The zero-order valence-electron chi connectivity index (χ0n) is 15.9. The van der Waals surface area contributed by atoms with Crippen molar-refractivity contribution in [2.75, 3.05) is 13.2 Å². The molecule has 0 unspecified atom stereocenters. The lowest BCUT2D eigenvalue weighted by molar-refractivity contribution is -0.158. The average molecular weight is 376 g/mol. The van der Waals surface area contributed by atoms with Gasteiger partial charge in [0.15, 0.2) is 0 Å². The molecule has 0 aliphatic carbocycles. The number of likely N-dealkylation sites (tertiary alicyclic amines) is 1. The molecule has 1 heterocycles. The minimum atomic E-state index is -1.04. The molecule has 0 bridgehead atoms. The van der Waals surface area contributed by atoms with E-state index in [0.717, 1.165) is 12.0 Å². The second-order valence-electron chi connectivity index (χ2n) is 6.89. The summed E-state index contributed by atoms with van der Waals surface area (Å²) in [6.07, 6.45) is 1.09. The van der Waals surface area contributed by atoms with Crippen molar-refractivity contribution in [2.45, 2.75) is 51.8 Å². The number of nitrogens with zero attached hydrogens (tertiary/aromatic N) is 1. The molecule has 148 valence electrons. The number of piperidine rings is 1. The third-order valence-corrected chi connectivity index (χ3v) is 4.65. The van der Waals surface area contributed by atoms with Crippen molar-refractivity contribution in [3.63, 3.8) is 0 Å². The molecule has 1 amide bonds. The number of esters is 2. The van der Waals surface area contributed by atoms with Gasteiger partial charge in [-0.25, -0.2) is 4.79 Å². The first-order valence-electron chi connectivity index (χ1n) is 9.34. The molecule has 0 saturated carbocycles. The third-order valence-electron chi connectivity index (χ3n) is 4.65. The van der Waals surface area contributed by atoms with Gasteiger partial charge in [-0.2, -0.15) is 0 Å². The predicted octanol–water partition coefficient (Wildman–Crippen LogP) is 1.64. The van der Waals surface area contributed by atoms with Gasteiger partial charge in [0.05, 0.1) is 19.1 Å². The first-order valence-corrected chi connectivity index (χ1v) is 9.34. The summed E-state index contributed by atoms with van der Waals surface area (Å²) in [5.74, 6) is -1.07. The molecule has 1 aliphatic rings. The predicted molar refractivity (Wildman–Crippen MR) is 99.4 cm³/mol. The van der Waals surface area contributed by atoms with Crippen molar-refractivity contribution >= 4 is 17.8 Å². The third kappa shape index (κ3) is 6.06. The zero-order chi connectivity index (χ0) is 19.8. The van der Waals surface area contributed by atoms with E-state index in [0.29, 0.717) is 18.9 Å². The molecule has 1 aromatic rings. The molecule has 7 nitrogen and oxygen atoms in total. The van der Waals surface area contributed by atoms with E-state index in [2.05, 4.69) is 0 Å². The van der Waals surface area contributed by atoms with E-state index < -0.39 is 29.9 Å². The lowest BCUT2D eigenvalue weighted by Gasteiger charge is -2.38. The highest BCUT2D eigenvalue weighted by Crippen LogP contribution is 2.24. The number of hydrogen-bond acceptors (Lipinski definition) is 6. The van der Waals surface area contributed by atoms with E-state index in [-0.39, 0.29) is 19.6 Å². The Bertz CT molecular complexity index is 649. The van der Waals surface area contributed by atoms with Crippen LogP contribution < -0.4 is 5.73 Å². The van der Waals surface area contributed by atoms with Gasteiger partial charge in [0.1, 0.15) is 12.6 Å². The van der Waals surface area contributed by atoms with Gasteiger partial charge in [0.25, 0.3) is 0 Å². The summed E-state index contributed by atoms with van der Waals surface area (Å²) in [6, 6.07) is 7.58. The van der Waals surface area contributed by atoms with Gasteiger partial charge < -0.3 is 20.1 Å². The molecular weight excluding hydrogens is 348 g/mol. The second-order valence-corrected chi connectivity index (χ2v) is 6.89. The molecule has 1 saturated heterocycles. The van der Waals surface area contributed by atoms with E-state index in [1.54, 1.807) is 6.92 Å². The SMILES string of the molecule is CCOC(=O)[C@H]1C[C@H](C)CCN1C(=O)[C@@H](N)CC(=O)OCc1ccccc1. The Balaban J connectivity index is 1.91. The first kappa shape index (κ1) is 20.9. The molecule has 2 N–H and O–H groups in total. The van der Waals surface area contributed by atoms with E-state index >= 15 is 0 Å². The molecule has 0 spiro atoms. The number of benzene rings is 1. The zero-order valence-corrected chi connectivity index (χ0v) is 15.9. The van der Waals surface area contributed by atoms with Crippen molar-refractivity contribution < 1.29 is 23.9 Å². The molecule has 1 aliphatic heterocycles. The van der Waals surface area contributed by atoms with E-state index in [1.807, 2.05) is 37.3 Å². The molecular formula is C20H28N2O5. The van der Waals surface area contributed by atoms with Crippen LogP contribution in [-0.4, -0.2) is 48.0 Å². The highest BCUT2D eigenvalue weighted by molar-refractivity contribution is 5.90. The van der Waals surface area contributed by atoms with Gasteiger partial charge >= 0.3 is 11.9 Å². The quantitative estimate of drug-likeness (QED) is 0.726. The Kier molecular flexibility index (Phi) is 7.79. The number of nitrogens with two attached hydrogens (primary N) is 1. The maximum absolute atomic E-state index is 12.7. The van der Waals surface area contributed by atoms with Crippen LogP contribution in [0.5, 0.6) is 0 Å². The van der Waals surface area contributed by atoms with E-state index in [4.69, 9.17) is 15.2 Å². The average Bonchev–Trinajstić information content (AvgIpc) is 2.66. The van der Waals surface area contributed by atoms with E-state index in [1.165, 1.54) is 4.90 Å². The van der Waals surface area contributed by atoms with Crippen LogP contribution in [0.4, 0.5) is 0 Å². The molecule has 1 aromatic carbocycles. The van der Waals surface area contributed by atoms with E-state index in [9.17, 15) is 14.4 Å². The number of hydrogen-bond donors (Lipinski definition) is 1. The van der Waals surface area contributed by atoms with Crippen molar-refractivity contribution in [1.29, 1.82) is 0 Å². The minimum Gasteiger partial charge on any atom is -0.464 e. The largest absolute Gasteiger partial charge is 0.464 e. The van der Waals surface area contributed by atoms with Gasteiger partial charge in [0.2, 0.25) is 5.91 Å². The lowest BCUT2D eigenvalue weighted by Crippen LogP contribution is -2.55. The summed E-state index contributed by atoms with van der Waals surface area (Å²) in [4.78, 5) is 38.4. The number of ether oxygens (including phenoxy) is 2. The highest BCUT2D eigenvalue weighted by atomic mass is 16.5. The Morgan fingerprint density at radius 2 is 1.93 bits per heavy atom. The molecule has 7 heteroatoms. The molecule has 3 atom stereocenters. The number of carbonyl (C=O) groups is 3. The molecule has 0 aromatic heterocycles. The first-order chi connectivity index (χ1) is 12.9. The Morgan fingerprint density at radius 1 is 1.22 bits per heavy atom. The summed E-state index contributed by atoms with van der Waals surface area (Å²) in [5, 5.41) is 0. The van der Waals surface area contributed by atoms with Crippen molar-refractivity contribution in [1.82, 2.24) is 4.90 Å². The smallest absolute Gasteiger partial charge is 0.328 e. The monoisotopic (exact) mass is 376 g/mol. The van der Waals surface area contributed by atoms with Crippen LogP contribution >= 0.6 is 0 Å². The maximum Gasteiger partial charge on any atom is 0.328 e. The number of amides is 1. The fourth-order valence-corrected chi connectivity index (χ4v) is 3.14. The van der Waals surface area contributed by atoms with Gasteiger partial charge in [0, 0.05) is 6.54 Å². The Morgan fingerprint density at radius 3 is 2.59 bits per heavy atom. The van der Waals surface area contributed by atoms with Crippen molar-refractivity contribution in [2.24, 2.45) is 11.7 Å². The molecule has 0 radical (unpaired) electrons. The lowest BCUT2D eigenvalue weighted by atomic mass is 9.91. The normalized spacial score (nSPS) is 20.6. The highest BCUT2D eigenvalue weighted by Gasteiger charge is 2.38. The Hall–Kier alpha value is -2.41. The van der Waals surface area contributed by atoms with Crippen LogP contribution in [0.15, 0.2) is 30.3 Å². The van der Waals surface area contributed by atoms with Crippen LogP contribution in [0.3, 0.4) is 0 Å². The van der Waals surface area contributed by atoms with Gasteiger partial charge in [-0.1, -0.05) is 37.3 Å². The molecule has 27 heavy (non-hydrogen) atoms. The van der Waals surface area contributed by atoms with Gasteiger partial charge in [-0.05, 0) is 31.2 Å². The maximum atomic E-state index is 12.7. The summed E-state index contributed by atoms with van der Waals surface area (Å²) in [5.41, 5.74) is 6.80. The summed E-state index contributed by atoms with van der Waals surface area (Å²) in [7, 11) is 0. The van der Waals surface area contributed by atoms with Crippen LogP contribution in [-0.2, 0) is 30.5 Å². The number of carbonyl (C=O) groups excluding carboxylic acids is 3. The summed E-state index contributed by atoms with van der Waals surface area (Å²) < 4.78 is 10.3. The van der Waals surface area contributed by atoms with Gasteiger partial charge in [-0.15, -0.1) is 0 Å². The summed E-state index contributed by atoms with van der Waals surface area (Å²) in [6.45, 7) is 4.58. The van der Waals surface area contributed by atoms with Gasteiger partial charge in [-0.3, -0.25) is 9.59 Å². The van der Waals surface area contributed by atoms with Crippen LogP contribution in [0.2, 0.25) is 0 Å². The fourth-order valence-electron chi connectivity index (χ4n) is 3.14. The second kappa shape index (κ2) is 10.1. The fraction of sp³-hybridized carbons (Fsp3) is 0.550. The topological polar surface area (TPSA) is 98.9 Å². The van der Waals surface area contributed by atoms with Crippen LogP contribution in [0, 0.1) is 5.92 Å². The van der Waals surface area contributed by atoms with Crippen LogP contribution in [0.1, 0.15) is 38.7 Å². The standard InChI is InChI=1S/C20H28N2O5/c1-3-26-20(25)17-11-14(2)9-10-22(17)19(24)16(21)12-18(23)27-13-15-7-5-4-6-8-15/h4-8,14,16-17H,3,9-13,21H2,1-2H3/t14-,16+,17-/m1/s1.